The van der Waals surface area contributed by atoms with Crippen LogP contribution in [0.15, 0.2) is 46.9 Å². The Morgan fingerprint density at radius 2 is 2.12 bits per heavy atom. The number of oxazole rings is 1. The van der Waals surface area contributed by atoms with Crippen molar-refractivity contribution in [2.75, 3.05) is 20.2 Å². The van der Waals surface area contributed by atoms with E-state index in [4.69, 9.17) is 9.15 Å². The monoisotopic (exact) mass is 457 g/mol. The van der Waals surface area contributed by atoms with Gasteiger partial charge in [-0.05, 0) is 68.6 Å². The highest BCUT2D eigenvalue weighted by atomic mass is 35.5. The zero-order valence-electron chi connectivity index (χ0n) is 18.2. The van der Waals surface area contributed by atoms with E-state index < -0.39 is 0 Å². The Morgan fingerprint density at radius 1 is 1.31 bits per heavy atom. The van der Waals surface area contributed by atoms with Crippen molar-refractivity contribution in [1.82, 2.24) is 15.6 Å². The van der Waals surface area contributed by atoms with E-state index in [-0.39, 0.29) is 30.6 Å². The molecule has 1 aliphatic rings. The normalized spacial score (nSPS) is 15.2. The number of phenols is 1. The molecule has 1 unspecified atom stereocenters. The maximum absolute atomic E-state index is 12.9. The first kappa shape index (κ1) is 23.6. The standard InChI is InChI=1S/C24H27N3O4.ClH/c1-15-20(27-24(31-15)18-7-8-21(28)22(12-18)30-2)14-26-23(29)19-6-4-3-5-17(19)11-16-9-10-25-13-16;/h3-8,12,16,25,28H,9-11,13-14H2,1-2H3,(H,26,29);1H. The van der Waals surface area contributed by atoms with E-state index in [1.165, 1.54) is 13.2 Å². The van der Waals surface area contributed by atoms with E-state index in [0.717, 1.165) is 31.5 Å². The largest absolute Gasteiger partial charge is 0.504 e. The summed E-state index contributed by atoms with van der Waals surface area (Å²) in [7, 11) is 1.49. The molecule has 0 saturated carbocycles. The van der Waals surface area contributed by atoms with Crippen molar-refractivity contribution in [3.63, 3.8) is 0 Å². The Labute approximate surface area is 193 Å². The van der Waals surface area contributed by atoms with Crippen molar-refractivity contribution >= 4 is 18.3 Å². The smallest absolute Gasteiger partial charge is 0.251 e. The molecule has 170 valence electrons. The Bertz CT molecular complexity index is 1080. The molecule has 32 heavy (non-hydrogen) atoms. The molecular weight excluding hydrogens is 430 g/mol. The van der Waals surface area contributed by atoms with Crippen LogP contribution in [0.2, 0.25) is 0 Å². The minimum Gasteiger partial charge on any atom is -0.504 e. The number of halogens is 1. The molecule has 1 aliphatic heterocycles. The van der Waals surface area contributed by atoms with Gasteiger partial charge in [0.1, 0.15) is 11.5 Å². The molecule has 2 aromatic carbocycles. The second-order valence-electron chi connectivity index (χ2n) is 7.81. The van der Waals surface area contributed by atoms with Crippen molar-refractivity contribution in [2.24, 2.45) is 5.92 Å². The molecule has 4 rings (SSSR count). The van der Waals surface area contributed by atoms with Gasteiger partial charge in [-0.2, -0.15) is 0 Å². The van der Waals surface area contributed by atoms with Crippen LogP contribution in [-0.4, -0.2) is 36.2 Å². The molecule has 1 fully saturated rings. The summed E-state index contributed by atoms with van der Waals surface area (Å²) < 4.78 is 10.9. The number of hydrogen-bond donors (Lipinski definition) is 3. The van der Waals surface area contributed by atoms with E-state index >= 15 is 0 Å². The number of benzene rings is 2. The quantitative estimate of drug-likeness (QED) is 0.498. The summed E-state index contributed by atoms with van der Waals surface area (Å²) in [6.07, 6.45) is 2.03. The van der Waals surface area contributed by atoms with Gasteiger partial charge in [0, 0.05) is 11.1 Å². The van der Waals surface area contributed by atoms with Gasteiger partial charge in [0.05, 0.1) is 13.7 Å². The molecule has 8 heteroatoms. The van der Waals surface area contributed by atoms with Crippen LogP contribution in [0.4, 0.5) is 0 Å². The lowest BCUT2D eigenvalue weighted by molar-refractivity contribution is 0.0949. The fraction of sp³-hybridized carbons (Fsp3) is 0.333. The number of aromatic nitrogens is 1. The minimum atomic E-state index is -0.114. The van der Waals surface area contributed by atoms with Crippen LogP contribution in [-0.2, 0) is 13.0 Å². The van der Waals surface area contributed by atoms with Crippen molar-refractivity contribution in [3.8, 4) is 23.0 Å². The van der Waals surface area contributed by atoms with E-state index in [1.807, 2.05) is 31.2 Å². The van der Waals surface area contributed by atoms with Crippen molar-refractivity contribution < 1.29 is 19.1 Å². The Morgan fingerprint density at radius 3 is 2.88 bits per heavy atom. The van der Waals surface area contributed by atoms with Gasteiger partial charge in [-0.25, -0.2) is 4.98 Å². The average molecular weight is 458 g/mol. The van der Waals surface area contributed by atoms with Crippen molar-refractivity contribution in [1.29, 1.82) is 0 Å². The van der Waals surface area contributed by atoms with Crippen LogP contribution in [0, 0.1) is 12.8 Å². The summed E-state index contributed by atoms with van der Waals surface area (Å²) in [5, 5.41) is 16.1. The molecule has 2 heterocycles. The first-order chi connectivity index (χ1) is 15.0. The minimum absolute atomic E-state index is 0. The summed E-state index contributed by atoms with van der Waals surface area (Å²) in [6, 6.07) is 12.7. The van der Waals surface area contributed by atoms with Gasteiger partial charge in [0.15, 0.2) is 11.5 Å². The number of aryl methyl sites for hydroxylation is 1. The maximum atomic E-state index is 12.9. The topological polar surface area (TPSA) is 96.6 Å². The number of carbonyl (C=O) groups is 1. The van der Waals surface area contributed by atoms with Crippen molar-refractivity contribution in [2.45, 2.75) is 26.3 Å². The number of rotatable bonds is 7. The number of carbonyl (C=O) groups excluding carboxylic acids is 1. The molecule has 3 aromatic rings. The van der Waals surface area contributed by atoms with Gasteiger partial charge >= 0.3 is 0 Å². The summed E-state index contributed by atoms with van der Waals surface area (Å²) in [5.74, 6) is 1.89. The van der Waals surface area contributed by atoms with E-state index in [0.29, 0.717) is 40.1 Å². The third-order valence-electron chi connectivity index (χ3n) is 5.67. The fourth-order valence-electron chi connectivity index (χ4n) is 3.90. The summed E-state index contributed by atoms with van der Waals surface area (Å²) >= 11 is 0. The number of methoxy groups -OCH3 is 1. The molecule has 1 aromatic heterocycles. The third kappa shape index (κ3) is 5.23. The van der Waals surface area contributed by atoms with Gasteiger partial charge in [-0.1, -0.05) is 18.2 Å². The first-order valence-corrected chi connectivity index (χ1v) is 10.5. The fourth-order valence-corrected chi connectivity index (χ4v) is 3.90. The van der Waals surface area contributed by atoms with Crippen LogP contribution < -0.4 is 15.4 Å². The molecule has 0 aliphatic carbocycles. The van der Waals surface area contributed by atoms with Gasteiger partial charge in [-0.3, -0.25) is 4.79 Å². The van der Waals surface area contributed by atoms with Crippen LogP contribution >= 0.6 is 12.4 Å². The van der Waals surface area contributed by atoms with Gasteiger partial charge < -0.3 is 24.9 Å². The number of hydrogen-bond acceptors (Lipinski definition) is 6. The molecule has 1 saturated heterocycles. The zero-order valence-corrected chi connectivity index (χ0v) is 19.0. The van der Waals surface area contributed by atoms with Crippen LogP contribution in [0.1, 0.15) is 33.8 Å². The number of phenolic OH excluding ortho intramolecular Hbond substituents is 1. The number of ether oxygens (including phenoxy) is 1. The van der Waals surface area contributed by atoms with Gasteiger partial charge in [-0.15, -0.1) is 12.4 Å². The second kappa shape index (κ2) is 10.5. The predicted molar refractivity (Wildman–Crippen MR) is 124 cm³/mol. The zero-order chi connectivity index (χ0) is 21.8. The maximum Gasteiger partial charge on any atom is 0.251 e. The third-order valence-corrected chi connectivity index (χ3v) is 5.67. The van der Waals surface area contributed by atoms with Crippen LogP contribution in [0.3, 0.4) is 0 Å². The van der Waals surface area contributed by atoms with Crippen LogP contribution in [0.25, 0.3) is 11.5 Å². The van der Waals surface area contributed by atoms with Gasteiger partial charge in [0.2, 0.25) is 5.89 Å². The molecule has 0 bridgehead atoms. The highest BCUT2D eigenvalue weighted by molar-refractivity contribution is 5.95. The highest BCUT2D eigenvalue weighted by Gasteiger charge is 2.19. The first-order valence-electron chi connectivity index (χ1n) is 10.5. The molecule has 7 nitrogen and oxygen atoms in total. The van der Waals surface area contributed by atoms with E-state index in [9.17, 15) is 9.90 Å². The lowest BCUT2D eigenvalue weighted by Crippen LogP contribution is -2.25. The number of nitrogens with zero attached hydrogens (tertiary/aromatic N) is 1. The number of aromatic hydroxyl groups is 1. The summed E-state index contributed by atoms with van der Waals surface area (Å²) in [4.78, 5) is 17.4. The van der Waals surface area contributed by atoms with E-state index in [1.54, 1.807) is 12.1 Å². The predicted octanol–water partition coefficient (Wildman–Crippen LogP) is 3.87. The van der Waals surface area contributed by atoms with Crippen molar-refractivity contribution in [3.05, 3.63) is 65.0 Å². The second-order valence-corrected chi connectivity index (χ2v) is 7.81. The highest BCUT2D eigenvalue weighted by Crippen LogP contribution is 2.31. The SMILES string of the molecule is COc1cc(-c2nc(CNC(=O)c3ccccc3CC3CCNC3)c(C)o2)ccc1O.Cl. The Balaban J connectivity index is 0.00000289. The molecular formula is C24H28ClN3O4. The van der Waals surface area contributed by atoms with E-state index in [2.05, 4.69) is 15.6 Å². The molecule has 3 N–H and O–H groups in total. The molecule has 1 amide bonds. The lowest BCUT2D eigenvalue weighted by Gasteiger charge is -2.13. The Kier molecular flexibility index (Phi) is 7.77. The number of nitrogens with one attached hydrogen (secondary N) is 2. The summed E-state index contributed by atoms with van der Waals surface area (Å²) in [5.41, 5.74) is 3.13. The molecule has 1 atom stereocenters. The van der Waals surface area contributed by atoms with Crippen LogP contribution in [0.5, 0.6) is 11.5 Å². The van der Waals surface area contributed by atoms with Gasteiger partial charge in [0.25, 0.3) is 5.91 Å². The average Bonchev–Trinajstić information content (AvgIpc) is 3.42. The summed E-state index contributed by atoms with van der Waals surface area (Å²) in [6.45, 7) is 4.12. The Hall–Kier alpha value is -3.03. The molecule has 0 radical (unpaired) electrons. The lowest BCUT2D eigenvalue weighted by atomic mass is 9.94. The number of amides is 1. The molecule has 0 spiro atoms.